The van der Waals surface area contributed by atoms with E-state index in [0.717, 1.165) is 30.4 Å². The van der Waals surface area contributed by atoms with Crippen molar-refractivity contribution in [2.24, 2.45) is 5.73 Å². The molecule has 3 rings (SSSR count). The summed E-state index contributed by atoms with van der Waals surface area (Å²) in [6, 6.07) is 7.92. The van der Waals surface area contributed by atoms with E-state index in [2.05, 4.69) is 22.0 Å². The normalized spacial score (nSPS) is 16.4. The fourth-order valence-corrected chi connectivity index (χ4v) is 3.92. The van der Waals surface area contributed by atoms with Crippen molar-refractivity contribution in [3.05, 3.63) is 30.1 Å². The van der Waals surface area contributed by atoms with Crippen LogP contribution in [0, 0.1) is 0 Å². The Bertz CT molecular complexity index is 741. The summed E-state index contributed by atoms with van der Waals surface area (Å²) >= 11 is 1.31. The number of rotatable bonds is 7. The van der Waals surface area contributed by atoms with Crippen molar-refractivity contribution < 1.29 is 9.53 Å². The number of hydrogen-bond acceptors (Lipinski definition) is 6. The average molecular weight is 375 g/mol. The zero-order chi connectivity index (χ0) is 18.5. The number of primary amides is 1. The van der Waals surface area contributed by atoms with Crippen molar-refractivity contribution in [2.75, 3.05) is 26.0 Å². The number of amides is 1. The van der Waals surface area contributed by atoms with E-state index >= 15 is 0 Å². The van der Waals surface area contributed by atoms with Crippen molar-refractivity contribution in [3.63, 3.8) is 0 Å². The molecule has 26 heavy (non-hydrogen) atoms. The van der Waals surface area contributed by atoms with Gasteiger partial charge in [0.25, 0.3) is 0 Å². The molecule has 8 heteroatoms. The Morgan fingerprint density at radius 1 is 1.23 bits per heavy atom. The summed E-state index contributed by atoms with van der Waals surface area (Å²) in [4.78, 5) is 13.7. The van der Waals surface area contributed by atoms with Gasteiger partial charge in [0.1, 0.15) is 5.75 Å². The van der Waals surface area contributed by atoms with E-state index in [-0.39, 0.29) is 17.7 Å². The van der Waals surface area contributed by atoms with Gasteiger partial charge in [0.05, 0.1) is 18.9 Å². The predicted molar refractivity (Wildman–Crippen MR) is 102 cm³/mol. The molecule has 0 unspecified atom stereocenters. The Kier molecular flexibility index (Phi) is 6.16. The second-order valence-corrected chi connectivity index (χ2v) is 7.34. The maximum atomic E-state index is 11.2. The lowest BCUT2D eigenvalue weighted by Gasteiger charge is -2.31. The van der Waals surface area contributed by atoms with Gasteiger partial charge in [-0.1, -0.05) is 18.2 Å². The van der Waals surface area contributed by atoms with E-state index < -0.39 is 0 Å². The number of piperidine rings is 1. The number of carbonyl (C=O) groups excluding carboxylic acids is 1. The maximum absolute atomic E-state index is 11.2. The van der Waals surface area contributed by atoms with Crippen molar-refractivity contribution >= 4 is 17.7 Å². The number of thioether (sulfide) groups is 1. The number of carbonyl (C=O) groups is 1. The minimum atomic E-state index is -0.370. The Labute approximate surface area is 157 Å². The quantitative estimate of drug-likeness (QED) is 0.748. The number of benzene rings is 1. The lowest BCUT2D eigenvalue weighted by molar-refractivity contribution is -0.115. The lowest BCUT2D eigenvalue weighted by Crippen LogP contribution is -2.33. The smallest absolute Gasteiger partial charge is 0.227 e. The van der Waals surface area contributed by atoms with E-state index in [4.69, 9.17) is 10.5 Å². The molecule has 0 saturated carbocycles. The third kappa shape index (κ3) is 4.19. The second-order valence-electron chi connectivity index (χ2n) is 6.40. The van der Waals surface area contributed by atoms with E-state index in [1.54, 1.807) is 7.11 Å². The molecule has 2 N–H and O–H groups in total. The molecule has 1 amide bonds. The molecule has 0 radical (unpaired) electrons. The van der Waals surface area contributed by atoms with Crippen molar-refractivity contribution in [3.8, 4) is 11.4 Å². The molecule has 2 heterocycles. The highest BCUT2D eigenvalue weighted by molar-refractivity contribution is 7.99. The van der Waals surface area contributed by atoms with Gasteiger partial charge in [0, 0.05) is 5.69 Å². The van der Waals surface area contributed by atoms with Gasteiger partial charge in [-0.3, -0.25) is 14.3 Å². The van der Waals surface area contributed by atoms with E-state index in [0.29, 0.717) is 5.16 Å². The highest BCUT2D eigenvalue weighted by Crippen LogP contribution is 2.29. The van der Waals surface area contributed by atoms with E-state index in [9.17, 15) is 4.79 Å². The van der Waals surface area contributed by atoms with Crippen molar-refractivity contribution in [1.82, 2.24) is 19.7 Å². The first kappa shape index (κ1) is 18.7. The number of aromatic nitrogens is 3. The summed E-state index contributed by atoms with van der Waals surface area (Å²) in [6.45, 7) is 4.30. The summed E-state index contributed by atoms with van der Waals surface area (Å²) in [5.74, 6) is 1.47. The monoisotopic (exact) mass is 375 g/mol. The third-order valence-corrected chi connectivity index (χ3v) is 5.60. The SMILES string of the molecule is COc1ccc(-n2c(SCC(N)=O)nnc2[C@H](C)N2CCCCC2)cc1. The molecule has 7 nitrogen and oxygen atoms in total. The zero-order valence-corrected chi connectivity index (χ0v) is 16.0. The Morgan fingerprint density at radius 2 is 1.92 bits per heavy atom. The number of likely N-dealkylation sites (tertiary alicyclic amines) is 1. The molecular weight excluding hydrogens is 350 g/mol. The fourth-order valence-electron chi connectivity index (χ4n) is 3.22. The van der Waals surface area contributed by atoms with Crippen LogP contribution in [0.1, 0.15) is 38.1 Å². The Hall–Kier alpha value is -2.06. The van der Waals surface area contributed by atoms with Gasteiger partial charge < -0.3 is 10.5 Å². The summed E-state index contributed by atoms with van der Waals surface area (Å²) in [7, 11) is 1.64. The van der Waals surface area contributed by atoms with Crippen LogP contribution in [0.15, 0.2) is 29.4 Å². The Balaban J connectivity index is 1.95. The van der Waals surface area contributed by atoms with E-state index in [1.807, 2.05) is 28.8 Å². The first-order valence-electron chi connectivity index (χ1n) is 8.85. The molecule has 1 aliphatic heterocycles. The summed E-state index contributed by atoms with van der Waals surface area (Å²) in [5.41, 5.74) is 6.25. The second kappa shape index (κ2) is 8.55. The van der Waals surface area contributed by atoms with Crippen LogP contribution >= 0.6 is 11.8 Å². The van der Waals surface area contributed by atoms with Crippen LogP contribution in [0.2, 0.25) is 0 Å². The first-order chi connectivity index (χ1) is 12.6. The van der Waals surface area contributed by atoms with Crippen LogP contribution < -0.4 is 10.5 Å². The third-order valence-electron chi connectivity index (χ3n) is 4.64. The highest BCUT2D eigenvalue weighted by atomic mass is 32.2. The van der Waals surface area contributed by atoms with Crippen LogP contribution in [0.4, 0.5) is 0 Å². The van der Waals surface area contributed by atoms with Crippen LogP contribution in [0.3, 0.4) is 0 Å². The zero-order valence-electron chi connectivity index (χ0n) is 15.2. The van der Waals surface area contributed by atoms with Gasteiger partial charge in [-0.2, -0.15) is 0 Å². The minimum Gasteiger partial charge on any atom is -0.497 e. The molecular formula is C18H25N5O2S. The predicted octanol–water partition coefficient (Wildman–Crippen LogP) is 2.40. The molecule has 2 aromatic rings. The lowest BCUT2D eigenvalue weighted by atomic mass is 10.1. The van der Waals surface area contributed by atoms with E-state index in [1.165, 1.54) is 31.0 Å². The van der Waals surface area contributed by atoms with Gasteiger partial charge in [-0.05, 0) is 57.1 Å². The highest BCUT2D eigenvalue weighted by Gasteiger charge is 2.25. The van der Waals surface area contributed by atoms with Gasteiger partial charge >= 0.3 is 0 Å². The topological polar surface area (TPSA) is 86.3 Å². The molecule has 0 aliphatic carbocycles. The number of methoxy groups -OCH3 is 1. The molecule has 1 atom stereocenters. The largest absolute Gasteiger partial charge is 0.497 e. The standard InChI is InChI=1S/C18H25N5O2S/c1-13(22-10-4-3-5-11-22)17-20-21-18(26-12-16(19)24)23(17)14-6-8-15(25-2)9-7-14/h6-9,13H,3-5,10-12H2,1-2H3,(H2,19,24)/t13-/m0/s1. The number of hydrogen-bond donors (Lipinski definition) is 1. The molecule has 1 aromatic carbocycles. The van der Waals surface area contributed by atoms with Gasteiger partial charge in [0.15, 0.2) is 11.0 Å². The van der Waals surface area contributed by atoms with Crippen molar-refractivity contribution in [1.29, 1.82) is 0 Å². The molecule has 1 aromatic heterocycles. The molecule has 0 bridgehead atoms. The van der Waals surface area contributed by atoms with Gasteiger partial charge in [-0.25, -0.2) is 0 Å². The van der Waals surface area contributed by atoms with Crippen molar-refractivity contribution in [2.45, 2.75) is 37.4 Å². The molecule has 1 aliphatic rings. The number of nitrogens with two attached hydrogens (primary N) is 1. The first-order valence-corrected chi connectivity index (χ1v) is 9.83. The number of nitrogens with zero attached hydrogens (tertiary/aromatic N) is 4. The van der Waals surface area contributed by atoms with Crippen LogP contribution in [0.5, 0.6) is 5.75 Å². The average Bonchev–Trinajstić information content (AvgIpc) is 3.10. The van der Waals surface area contributed by atoms with Crippen LogP contribution in [-0.2, 0) is 4.79 Å². The molecule has 140 valence electrons. The van der Waals surface area contributed by atoms with Gasteiger partial charge in [-0.15, -0.1) is 10.2 Å². The summed E-state index contributed by atoms with van der Waals surface area (Å²) in [6.07, 6.45) is 3.71. The maximum Gasteiger partial charge on any atom is 0.227 e. The summed E-state index contributed by atoms with van der Waals surface area (Å²) in [5, 5.41) is 9.46. The van der Waals surface area contributed by atoms with Crippen LogP contribution in [-0.4, -0.2) is 51.5 Å². The molecule has 1 saturated heterocycles. The Morgan fingerprint density at radius 3 is 2.54 bits per heavy atom. The van der Waals surface area contributed by atoms with Gasteiger partial charge in [0.2, 0.25) is 5.91 Å². The fraction of sp³-hybridized carbons (Fsp3) is 0.500. The molecule has 0 spiro atoms. The minimum absolute atomic E-state index is 0.146. The summed E-state index contributed by atoms with van der Waals surface area (Å²) < 4.78 is 7.27. The number of ether oxygens (including phenoxy) is 1. The van der Waals surface area contributed by atoms with Crippen LogP contribution in [0.25, 0.3) is 5.69 Å². The molecule has 1 fully saturated rings.